The van der Waals surface area contributed by atoms with Crippen LogP contribution in [0.2, 0.25) is 0 Å². The van der Waals surface area contributed by atoms with Crippen LogP contribution in [0, 0.1) is 0 Å². The van der Waals surface area contributed by atoms with Gasteiger partial charge in [-0.15, -0.1) is 17.9 Å². The maximum atomic E-state index is 13.1. The summed E-state index contributed by atoms with van der Waals surface area (Å²) in [6.07, 6.45) is 1.62. The number of thioether (sulfide) groups is 1. The summed E-state index contributed by atoms with van der Waals surface area (Å²) >= 11 is 2.72. The van der Waals surface area contributed by atoms with Gasteiger partial charge in [0.15, 0.2) is 5.16 Å². The van der Waals surface area contributed by atoms with Crippen LogP contribution in [-0.2, 0) is 16.1 Å². The molecule has 0 aliphatic carbocycles. The minimum absolute atomic E-state index is 0.116. The number of fused-ring (bicyclic) bond motifs is 1. The number of hydrogen-bond acceptors (Lipinski definition) is 6. The lowest BCUT2D eigenvalue weighted by molar-refractivity contribution is -0.118. The number of benzene rings is 1. The number of methoxy groups -OCH3 is 1. The highest BCUT2D eigenvalue weighted by atomic mass is 32.2. The van der Waals surface area contributed by atoms with Crippen LogP contribution < -0.4 is 10.9 Å². The van der Waals surface area contributed by atoms with Crippen LogP contribution in [0.25, 0.3) is 20.7 Å². The number of nitrogens with one attached hydrogen (secondary N) is 1. The highest BCUT2D eigenvalue weighted by molar-refractivity contribution is 7.99. The molecule has 0 spiro atoms. The van der Waals surface area contributed by atoms with Crippen molar-refractivity contribution in [3.63, 3.8) is 0 Å². The van der Waals surface area contributed by atoms with Gasteiger partial charge in [0.1, 0.15) is 4.83 Å². The fourth-order valence-electron chi connectivity index (χ4n) is 2.60. The van der Waals surface area contributed by atoms with E-state index in [1.807, 2.05) is 36.4 Å². The van der Waals surface area contributed by atoms with Crippen LogP contribution in [-0.4, -0.2) is 41.5 Å². The summed E-state index contributed by atoms with van der Waals surface area (Å²) in [6, 6.07) is 11.8. The van der Waals surface area contributed by atoms with Crippen LogP contribution in [0.15, 0.2) is 59.0 Å². The molecule has 1 aromatic carbocycles. The summed E-state index contributed by atoms with van der Waals surface area (Å²) in [4.78, 5) is 31.3. The molecule has 0 saturated heterocycles. The molecule has 1 amide bonds. The van der Waals surface area contributed by atoms with Gasteiger partial charge in [-0.2, -0.15) is 0 Å². The van der Waals surface area contributed by atoms with E-state index in [1.54, 1.807) is 17.8 Å². The molecule has 0 unspecified atom stereocenters. The van der Waals surface area contributed by atoms with Crippen molar-refractivity contribution in [1.82, 2.24) is 14.9 Å². The Labute approximate surface area is 171 Å². The van der Waals surface area contributed by atoms with Gasteiger partial charge in [0, 0.05) is 18.5 Å². The fourth-order valence-corrected chi connectivity index (χ4v) is 4.53. The maximum Gasteiger partial charge on any atom is 0.263 e. The largest absolute Gasteiger partial charge is 0.383 e. The molecule has 0 atom stereocenters. The van der Waals surface area contributed by atoms with Gasteiger partial charge in [-0.3, -0.25) is 14.2 Å². The Morgan fingerprint density at radius 1 is 1.39 bits per heavy atom. The van der Waals surface area contributed by atoms with Gasteiger partial charge in [0.05, 0.1) is 24.3 Å². The molecule has 3 rings (SSSR count). The molecule has 2 aromatic heterocycles. The number of hydrogen-bond donors (Lipinski definition) is 1. The Balaban J connectivity index is 1.97. The van der Waals surface area contributed by atoms with Gasteiger partial charge in [0.2, 0.25) is 5.91 Å². The van der Waals surface area contributed by atoms with E-state index in [-0.39, 0.29) is 17.2 Å². The molecule has 6 nitrogen and oxygen atoms in total. The first-order valence-electron chi connectivity index (χ1n) is 8.73. The first-order chi connectivity index (χ1) is 13.6. The molecule has 3 aromatic rings. The molecule has 1 N–H and O–H groups in total. The number of amides is 1. The van der Waals surface area contributed by atoms with Crippen LogP contribution in [0.5, 0.6) is 0 Å². The highest BCUT2D eigenvalue weighted by Crippen LogP contribution is 2.32. The molecule has 8 heteroatoms. The van der Waals surface area contributed by atoms with Gasteiger partial charge in [-0.25, -0.2) is 4.98 Å². The molecule has 0 saturated carbocycles. The Bertz CT molecular complexity index is 1030. The number of ether oxygens (including phenoxy) is 1. The second-order valence-corrected chi connectivity index (χ2v) is 7.89. The van der Waals surface area contributed by atoms with Crippen molar-refractivity contribution < 1.29 is 9.53 Å². The SMILES string of the molecule is C=CCNC(=O)CSc1nc2sc(-c3ccccc3)cc2c(=O)n1CCOC. The molecule has 2 heterocycles. The third-order valence-electron chi connectivity index (χ3n) is 3.97. The van der Waals surface area contributed by atoms with Crippen LogP contribution in [0.1, 0.15) is 0 Å². The predicted octanol–water partition coefficient (Wildman–Crippen LogP) is 3.17. The maximum absolute atomic E-state index is 13.1. The van der Waals surface area contributed by atoms with E-state index in [2.05, 4.69) is 16.9 Å². The second-order valence-electron chi connectivity index (χ2n) is 5.92. The lowest BCUT2D eigenvalue weighted by Crippen LogP contribution is -2.27. The molecule has 0 bridgehead atoms. The van der Waals surface area contributed by atoms with Gasteiger partial charge in [0.25, 0.3) is 5.56 Å². The average molecular weight is 416 g/mol. The van der Waals surface area contributed by atoms with Gasteiger partial charge in [-0.1, -0.05) is 48.2 Å². The minimum atomic E-state index is -0.131. The smallest absolute Gasteiger partial charge is 0.263 e. The summed E-state index contributed by atoms with van der Waals surface area (Å²) in [5.74, 6) is 0.0454. The first-order valence-corrected chi connectivity index (χ1v) is 10.5. The topological polar surface area (TPSA) is 73.2 Å². The zero-order chi connectivity index (χ0) is 19.9. The number of nitrogens with zero attached hydrogens (tertiary/aromatic N) is 2. The van der Waals surface area contributed by atoms with Gasteiger partial charge >= 0.3 is 0 Å². The normalized spacial score (nSPS) is 10.9. The zero-order valence-electron chi connectivity index (χ0n) is 15.5. The van der Waals surface area contributed by atoms with Crippen LogP contribution >= 0.6 is 23.1 Å². The molecule has 28 heavy (non-hydrogen) atoms. The Kier molecular flexibility index (Phi) is 7.02. The van der Waals surface area contributed by atoms with Crippen molar-refractivity contribution >= 4 is 39.2 Å². The lowest BCUT2D eigenvalue weighted by atomic mass is 10.2. The van der Waals surface area contributed by atoms with Crippen LogP contribution in [0.3, 0.4) is 0 Å². The van der Waals surface area contributed by atoms with Gasteiger partial charge in [-0.05, 0) is 11.6 Å². The fraction of sp³-hybridized carbons (Fsp3) is 0.250. The highest BCUT2D eigenvalue weighted by Gasteiger charge is 2.16. The van der Waals surface area contributed by atoms with Crippen LogP contribution in [0.4, 0.5) is 0 Å². The Morgan fingerprint density at radius 3 is 2.89 bits per heavy atom. The quantitative estimate of drug-likeness (QED) is 0.330. The standard InChI is InChI=1S/C20H21N3O3S2/c1-3-9-21-17(24)13-27-20-22-18-15(19(25)23(20)10-11-26-2)12-16(28-18)14-7-5-4-6-8-14/h3-8,12H,1,9-11,13H2,2H3,(H,21,24). The van der Waals surface area contributed by atoms with E-state index in [9.17, 15) is 9.59 Å². The zero-order valence-corrected chi connectivity index (χ0v) is 17.1. The molecule has 0 radical (unpaired) electrons. The monoisotopic (exact) mass is 415 g/mol. The number of rotatable bonds is 9. The van der Waals surface area contributed by atoms with Crippen molar-refractivity contribution in [3.8, 4) is 10.4 Å². The molecule has 0 aliphatic rings. The van der Waals surface area contributed by atoms with E-state index >= 15 is 0 Å². The second kappa shape index (κ2) is 9.68. The molecule has 0 fully saturated rings. The molecular weight excluding hydrogens is 394 g/mol. The van der Waals surface area contributed by atoms with E-state index in [0.29, 0.717) is 35.1 Å². The third kappa shape index (κ3) is 4.70. The van der Waals surface area contributed by atoms with Gasteiger partial charge < -0.3 is 10.1 Å². The molecule has 146 valence electrons. The minimum Gasteiger partial charge on any atom is -0.383 e. The van der Waals surface area contributed by atoms with Crippen molar-refractivity contribution in [2.45, 2.75) is 11.7 Å². The van der Waals surface area contributed by atoms with E-state index in [0.717, 1.165) is 10.4 Å². The number of thiophene rings is 1. The lowest BCUT2D eigenvalue weighted by Gasteiger charge is -2.11. The Morgan fingerprint density at radius 2 is 2.18 bits per heavy atom. The number of carbonyl (C=O) groups is 1. The summed E-state index contributed by atoms with van der Waals surface area (Å²) < 4.78 is 6.72. The molecule has 0 aliphatic heterocycles. The summed E-state index contributed by atoms with van der Waals surface area (Å²) in [7, 11) is 1.59. The summed E-state index contributed by atoms with van der Waals surface area (Å²) in [5.41, 5.74) is 0.931. The van der Waals surface area contributed by atoms with Crippen molar-refractivity contribution in [2.24, 2.45) is 0 Å². The third-order valence-corrected chi connectivity index (χ3v) is 6.02. The number of carbonyl (C=O) groups excluding carboxylic acids is 1. The predicted molar refractivity (Wildman–Crippen MR) is 115 cm³/mol. The summed E-state index contributed by atoms with van der Waals surface area (Å²) in [6.45, 7) is 4.76. The van der Waals surface area contributed by atoms with E-state index in [4.69, 9.17) is 4.74 Å². The summed E-state index contributed by atoms with van der Waals surface area (Å²) in [5, 5.41) is 3.83. The van der Waals surface area contributed by atoms with E-state index in [1.165, 1.54) is 23.1 Å². The van der Waals surface area contributed by atoms with Crippen molar-refractivity contribution in [3.05, 3.63) is 59.4 Å². The average Bonchev–Trinajstić information content (AvgIpc) is 3.15. The van der Waals surface area contributed by atoms with Crippen molar-refractivity contribution in [1.29, 1.82) is 0 Å². The Hall–Kier alpha value is -2.42. The van der Waals surface area contributed by atoms with Crippen molar-refractivity contribution in [2.75, 3.05) is 26.0 Å². The molecular formula is C20H21N3O3S2. The number of aromatic nitrogens is 2. The van der Waals surface area contributed by atoms with E-state index < -0.39 is 0 Å². The first kappa shape index (κ1) is 20.3.